The van der Waals surface area contributed by atoms with Crippen molar-refractivity contribution in [2.75, 3.05) is 34.8 Å². The fraction of sp³-hybridized carbons (Fsp3) is 0.316. The van der Waals surface area contributed by atoms with Crippen LogP contribution in [-0.4, -0.2) is 74.2 Å². The molecule has 1 aromatic carbocycles. The zero-order valence-electron chi connectivity index (χ0n) is 18.7. The third kappa shape index (κ3) is 9.10. The molecule has 1 amide bonds. The molecular weight excluding hydrogens is 525 g/mol. The number of aliphatic carboxylic acids is 2. The lowest BCUT2D eigenvalue weighted by Crippen LogP contribution is -2.41. The lowest BCUT2D eigenvalue weighted by Gasteiger charge is -2.27. The van der Waals surface area contributed by atoms with Crippen molar-refractivity contribution in [3.63, 3.8) is 0 Å². The Labute approximate surface area is 216 Å². The Kier molecular flexibility index (Phi) is 14.6. The van der Waals surface area contributed by atoms with Crippen LogP contribution in [0.3, 0.4) is 0 Å². The van der Waals surface area contributed by atoms with Gasteiger partial charge in [0.25, 0.3) is 11.5 Å². The number of halogens is 2. The van der Waals surface area contributed by atoms with E-state index < -0.39 is 23.9 Å². The molecule has 0 spiro atoms. The highest BCUT2D eigenvalue weighted by molar-refractivity contribution is 5.97. The van der Waals surface area contributed by atoms with E-state index in [4.69, 9.17) is 15.9 Å². The van der Waals surface area contributed by atoms with E-state index in [1.54, 1.807) is 12.1 Å². The fourth-order valence-corrected chi connectivity index (χ4v) is 3.10. The molecule has 1 aromatic heterocycles. The Morgan fingerprint density at radius 1 is 1.14 bits per heavy atom. The first-order valence-electron chi connectivity index (χ1n) is 9.72. The highest BCUT2D eigenvalue weighted by atomic mass is 35.5. The smallest absolute Gasteiger partial charge is 0.326 e. The number of nitrogens with zero attached hydrogens (tertiary/aromatic N) is 1. The molecule has 1 unspecified atom stereocenters. The van der Waals surface area contributed by atoms with Crippen molar-refractivity contribution in [1.82, 2.24) is 15.3 Å². The van der Waals surface area contributed by atoms with E-state index in [1.807, 2.05) is 0 Å². The number of amides is 1. The summed E-state index contributed by atoms with van der Waals surface area (Å²) in [5.41, 5.74) is 6.40. The van der Waals surface area contributed by atoms with Gasteiger partial charge >= 0.3 is 11.9 Å². The van der Waals surface area contributed by atoms with Gasteiger partial charge in [-0.25, -0.2) is 4.79 Å². The predicted octanol–water partition coefficient (Wildman–Crippen LogP) is -1.09. The monoisotopic (exact) mass is 553 g/mol. The largest absolute Gasteiger partial charge is 0.481 e. The van der Waals surface area contributed by atoms with Crippen LogP contribution in [0.2, 0.25) is 0 Å². The van der Waals surface area contributed by atoms with E-state index in [-0.39, 0.29) is 71.7 Å². The molecule has 15 nitrogen and oxygen atoms in total. The van der Waals surface area contributed by atoms with Gasteiger partial charge in [-0.15, -0.1) is 24.8 Å². The molecule has 0 bridgehead atoms. The molecule has 13 N–H and O–H groups in total. The van der Waals surface area contributed by atoms with Crippen LogP contribution in [-0.2, 0) is 9.59 Å². The maximum absolute atomic E-state index is 12.3. The molecular formula is C19H29Cl2N7O8. The normalized spacial score (nSPS) is 13.7. The summed E-state index contributed by atoms with van der Waals surface area (Å²) in [4.78, 5) is 52.6. The molecule has 0 aliphatic carbocycles. The Bertz CT molecular complexity index is 1080. The van der Waals surface area contributed by atoms with E-state index in [9.17, 15) is 19.2 Å². The third-order valence-corrected chi connectivity index (χ3v) is 4.75. The summed E-state index contributed by atoms with van der Waals surface area (Å²) in [7, 11) is 0. The van der Waals surface area contributed by atoms with Gasteiger partial charge in [-0.2, -0.15) is 4.98 Å². The molecule has 1 aliphatic rings. The number of carbonyl (C=O) groups is 3. The van der Waals surface area contributed by atoms with Gasteiger partial charge < -0.3 is 48.2 Å². The Hall–Kier alpha value is -3.79. The lowest BCUT2D eigenvalue weighted by molar-refractivity contribution is -0.140. The second-order valence-electron chi connectivity index (χ2n) is 7.15. The summed E-state index contributed by atoms with van der Waals surface area (Å²) < 4.78 is 0. The summed E-state index contributed by atoms with van der Waals surface area (Å²) in [6, 6.07) is 4.93. The molecule has 0 saturated carbocycles. The van der Waals surface area contributed by atoms with Crippen molar-refractivity contribution >= 4 is 65.8 Å². The number of aromatic nitrogens is 2. The molecule has 3 rings (SSSR count). The number of fused-ring (bicyclic) bond motifs is 1. The quantitative estimate of drug-likeness (QED) is 0.184. The molecule has 2 heterocycles. The first-order valence-corrected chi connectivity index (χ1v) is 9.72. The number of nitrogens with two attached hydrogens (primary N) is 1. The summed E-state index contributed by atoms with van der Waals surface area (Å²) in [5.74, 6) is -2.64. The van der Waals surface area contributed by atoms with E-state index in [0.717, 1.165) is 0 Å². The van der Waals surface area contributed by atoms with Crippen LogP contribution in [0.15, 0.2) is 29.1 Å². The Morgan fingerprint density at radius 3 is 2.36 bits per heavy atom. The van der Waals surface area contributed by atoms with Gasteiger partial charge in [0, 0.05) is 30.8 Å². The second kappa shape index (κ2) is 15.3. The number of nitrogen functional groups attached to an aromatic ring is 1. The number of nitrogens with one attached hydrogen (secondary N) is 5. The van der Waals surface area contributed by atoms with Gasteiger partial charge in [0.2, 0.25) is 5.95 Å². The maximum Gasteiger partial charge on any atom is 0.326 e. The highest BCUT2D eigenvalue weighted by Crippen LogP contribution is 2.20. The highest BCUT2D eigenvalue weighted by Gasteiger charge is 2.23. The van der Waals surface area contributed by atoms with Crippen molar-refractivity contribution in [3.05, 3.63) is 40.2 Å². The summed E-state index contributed by atoms with van der Waals surface area (Å²) >= 11 is 0. The third-order valence-electron chi connectivity index (χ3n) is 4.75. The number of carboxylic acid groups (broad SMARTS) is 2. The van der Waals surface area contributed by atoms with Crippen molar-refractivity contribution in [1.29, 1.82) is 0 Å². The summed E-state index contributed by atoms with van der Waals surface area (Å²) in [6.07, 6.45) is -0.587. The first kappa shape index (κ1) is 34.4. The van der Waals surface area contributed by atoms with Crippen LogP contribution < -0.4 is 32.6 Å². The second-order valence-corrected chi connectivity index (χ2v) is 7.15. The number of H-pyrrole nitrogens is 1. The molecule has 0 saturated heterocycles. The van der Waals surface area contributed by atoms with Gasteiger partial charge in [0.1, 0.15) is 11.7 Å². The standard InChI is InChI=1S/C19H23N7O6.2ClH.2H2O/c20-19-25-15-14(17(30)26-19)23-11(8-22-15)7-21-10-3-1-9(2-4-10)16(29)24-12(18(31)32)5-6-13(27)28;;;;/h1-4,11-12,21,23H,5-8H2,(H,24,29)(H,27,28)(H,31,32)(H4,20,22,25,26,30);2*1H;2*1H2/t11?,12-;;;;/m0..../s1. The van der Waals surface area contributed by atoms with Crippen molar-refractivity contribution in [2.24, 2.45) is 0 Å². The van der Waals surface area contributed by atoms with Crippen LogP contribution in [0.5, 0.6) is 0 Å². The molecule has 1 aliphatic heterocycles. The molecule has 2 aromatic rings. The number of hydrogen-bond acceptors (Lipinski definition) is 9. The minimum Gasteiger partial charge on any atom is -0.481 e. The molecule has 0 radical (unpaired) electrons. The van der Waals surface area contributed by atoms with E-state index in [1.165, 1.54) is 12.1 Å². The summed E-state index contributed by atoms with van der Waals surface area (Å²) in [6.45, 7) is 0.960. The van der Waals surface area contributed by atoms with Gasteiger partial charge in [0.05, 0.1) is 6.04 Å². The zero-order chi connectivity index (χ0) is 23.3. The van der Waals surface area contributed by atoms with Gasteiger partial charge in [-0.05, 0) is 30.7 Å². The topological polar surface area (TPSA) is 275 Å². The van der Waals surface area contributed by atoms with Gasteiger partial charge in [0.15, 0.2) is 5.82 Å². The Morgan fingerprint density at radius 2 is 1.78 bits per heavy atom. The van der Waals surface area contributed by atoms with E-state index in [2.05, 4.69) is 31.2 Å². The summed E-state index contributed by atoms with van der Waals surface area (Å²) in [5, 5.41) is 29.5. The Balaban J connectivity index is 0. The van der Waals surface area contributed by atoms with E-state index >= 15 is 0 Å². The average Bonchev–Trinajstić information content (AvgIpc) is 2.75. The van der Waals surface area contributed by atoms with Crippen LogP contribution in [0.1, 0.15) is 23.2 Å². The van der Waals surface area contributed by atoms with Crippen LogP contribution in [0, 0.1) is 0 Å². The number of aromatic amines is 1. The van der Waals surface area contributed by atoms with Crippen LogP contribution in [0.4, 0.5) is 23.1 Å². The minimum absolute atomic E-state index is 0. The van der Waals surface area contributed by atoms with Gasteiger partial charge in [-0.3, -0.25) is 19.4 Å². The number of hydrogen-bond donors (Lipinski definition) is 8. The SMILES string of the molecule is Cl.Cl.Nc1nc2c(c(=O)[nH]1)NC(CNc1ccc(C(=O)N[C@@H](CCC(=O)O)C(=O)O)cc1)CN2.O.O. The van der Waals surface area contributed by atoms with Crippen molar-refractivity contribution in [3.8, 4) is 0 Å². The number of carbonyl (C=O) groups excluding carboxylic acids is 1. The molecule has 36 heavy (non-hydrogen) atoms. The molecule has 0 fully saturated rings. The number of benzene rings is 1. The zero-order valence-corrected chi connectivity index (χ0v) is 20.3. The maximum atomic E-state index is 12.3. The first-order chi connectivity index (χ1) is 15.2. The minimum atomic E-state index is -1.30. The van der Waals surface area contributed by atoms with Crippen LogP contribution >= 0.6 is 24.8 Å². The molecule has 2 atom stereocenters. The van der Waals surface area contributed by atoms with Gasteiger partial charge in [-0.1, -0.05) is 0 Å². The van der Waals surface area contributed by atoms with Crippen molar-refractivity contribution < 1.29 is 35.5 Å². The molecule has 17 heteroatoms. The molecule has 202 valence electrons. The van der Waals surface area contributed by atoms with E-state index in [0.29, 0.717) is 30.3 Å². The number of rotatable bonds is 9. The number of carboxylic acids is 2. The average molecular weight is 554 g/mol. The van der Waals surface area contributed by atoms with Crippen LogP contribution in [0.25, 0.3) is 0 Å². The lowest BCUT2D eigenvalue weighted by atomic mass is 10.1. The van der Waals surface area contributed by atoms with Crippen molar-refractivity contribution in [2.45, 2.75) is 24.9 Å². The predicted molar refractivity (Wildman–Crippen MR) is 138 cm³/mol. The number of anilines is 4. The fourth-order valence-electron chi connectivity index (χ4n) is 3.10.